The van der Waals surface area contributed by atoms with Gasteiger partial charge in [-0.2, -0.15) is 4.31 Å². The second kappa shape index (κ2) is 8.81. The average Bonchev–Trinajstić information content (AvgIpc) is 2.64. The molecule has 1 aromatic rings. The minimum atomic E-state index is -3.65. The van der Waals surface area contributed by atoms with Gasteiger partial charge < -0.3 is 15.0 Å². The summed E-state index contributed by atoms with van der Waals surface area (Å²) in [7, 11) is -2.15. The Bertz CT molecular complexity index is 769. The molecule has 0 saturated carbocycles. The van der Waals surface area contributed by atoms with Crippen LogP contribution in [0, 0.1) is 0 Å². The Balaban J connectivity index is 2.18. The lowest BCUT2D eigenvalue weighted by molar-refractivity contribution is -0.121. The summed E-state index contributed by atoms with van der Waals surface area (Å²) in [6.07, 6.45) is -0.348. The predicted molar refractivity (Wildman–Crippen MR) is 101 cm³/mol. The van der Waals surface area contributed by atoms with Crippen LogP contribution in [0.4, 0.5) is 0 Å². The molecule has 2 rings (SSSR count). The van der Waals surface area contributed by atoms with Crippen molar-refractivity contribution in [1.82, 2.24) is 14.5 Å². The molecule has 1 aliphatic heterocycles. The van der Waals surface area contributed by atoms with Crippen molar-refractivity contribution in [2.45, 2.75) is 37.9 Å². The summed E-state index contributed by atoms with van der Waals surface area (Å²) in [4.78, 5) is 25.6. The van der Waals surface area contributed by atoms with Gasteiger partial charge in [0, 0.05) is 32.2 Å². The Hall–Kier alpha value is -1.97. The van der Waals surface area contributed by atoms with Crippen LogP contribution in [0.2, 0.25) is 0 Å². The summed E-state index contributed by atoms with van der Waals surface area (Å²) < 4.78 is 32.7. The Morgan fingerprint density at radius 3 is 2.22 bits per heavy atom. The second-order valence-corrected chi connectivity index (χ2v) is 8.53. The maximum absolute atomic E-state index is 12.9. The smallest absolute Gasteiger partial charge is 0.254 e. The first-order chi connectivity index (χ1) is 12.7. The van der Waals surface area contributed by atoms with Crippen molar-refractivity contribution < 1.29 is 22.7 Å². The first-order valence-corrected chi connectivity index (χ1v) is 10.4. The van der Waals surface area contributed by atoms with Gasteiger partial charge in [0.1, 0.15) is 0 Å². The van der Waals surface area contributed by atoms with E-state index in [9.17, 15) is 18.0 Å². The van der Waals surface area contributed by atoms with Crippen LogP contribution in [0.15, 0.2) is 29.2 Å². The van der Waals surface area contributed by atoms with Crippen LogP contribution in [-0.2, 0) is 19.6 Å². The topological polar surface area (TPSA) is 96.0 Å². The number of benzene rings is 1. The van der Waals surface area contributed by atoms with Crippen molar-refractivity contribution in [2.75, 3.05) is 33.2 Å². The van der Waals surface area contributed by atoms with E-state index in [0.717, 1.165) is 0 Å². The summed E-state index contributed by atoms with van der Waals surface area (Å²) in [6, 6.07) is 5.83. The van der Waals surface area contributed by atoms with E-state index in [4.69, 9.17) is 4.74 Å². The number of ether oxygens (including phenoxy) is 1. The molecule has 1 aliphatic rings. The van der Waals surface area contributed by atoms with Crippen molar-refractivity contribution >= 4 is 21.8 Å². The molecular formula is C18H27N3O5S. The molecule has 1 saturated heterocycles. The third-order valence-electron chi connectivity index (χ3n) is 4.41. The minimum absolute atomic E-state index is 0.0462. The molecule has 1 aromatic carbocycles. The summed E-state index contributed by atoms with van der Waals surface area (Å²) >= 11 is 0. The van der Waals surface area contributed by atoms with Gasteiger partial charge in [0.25, 0.3) is 5.91 Å². The normalized spacial score (nSPS) is 20.9. The molecule has 0 spiro atoms. The van der Waals surface area contributed by atoms with E-state index in [0.29, 0.717) is 25.2 Å². The number of hydrogen-bond acceptors (Lipinski definition) is 5. The molecule has 0 radical (unpaired) electrons. The monoisotopic (exact) mass is 397 g/mol. The maximum atomic E-state index is 12.9. The maximum Gasteiger partial charge on any atom is 0.254 e. The number of carbonyl (C=O) groups is 2. The molecule has 9 heteroatoms. The van der Waals surface area contributed by atoms with Crippen LogP contribution in [0.25, 0.3) is 0 Å². The molecule has 0 aromatic heterocycles. The zero-order valence-corrected chi connectivity index (χ0v) is 17.0. The molecule has 2 atom stereocenters. The molecule has 27 heavy (non-hydrogen) atoms. The van der Waals surface area contributed by atoms with E-state index >= 15 is 0 Å². The Morgan fingerprint density at radius 1 is 1.19 bits per heavy atom. The number of morpholine rings is 1. The highest BCUT2D eigenvalue weighted by molar-refractivity contribution is 7.89. The number of likely N-dealkylation sites (N-methyl/N-ethyl adjacent to an activating group) is 2. The summed E-state index contributed by atoms with van der Waals surface area (Å²) in [5.41, 5.74) is 0.336. The van der Waals surface area contributed by atoms with Crippen LogP contribution in [0.1, 0.15) is 31.1 Å². The Morgan fingerprint density at radius 2 is 1.74 bits per heavy atom. The van der Waals surface area contributed by atoms with E-state index in [-0.39, 0.29) is 35.5 Å². The minimum Gasteiger partial charge on any atom is -0.373 e. The van der Waals surface area contributed by atoms with Gasteiger partial charge >= 0.3 is 0 Å². The first kappa shape index (κ1) is 21.3. The van der Waals surface area contributed by atoms with Crippen LogP contribution in [0.3, 0.4) is 0 Å². The van der Waals surface area contributed by atoms with Gasteiger partial charge in [0.2, 0.25) is 15.9 Å². The van der Waals surface area contributed by atoms with Crippen molar-refractivity contribution in [3.63, 3.8) is 0 Å². The van der Waals surface area contributed by atoms with Gasteiger partial charge in [0.05, 0.1) is 23.6 Å². The highest BCUT2D eigenvalue weighted by Gasteiger charge is 2.32. The quantitative estimate of drug-likeness (QED) is 0.762. The van der Waals surface area contributed by atoms with E-state index in [1.807, 2.05) is 13.8 Å². The van der Waals surface area contributed by atoms with Crippen molar-refractivity contribution in [3.05, 3.63) is 29.8 Å². The zero-order valence-electron chi connectivity index (χ0n) is 16.1. The van der Waals surface area contributed by atoms with Crippen molar-refractivity contribution in [1.29, 1.82) is 0 Å². The number of nitrogens with one attached hydrogen (secondary N) is 1. The highest BCUT2D eigenvalue weighted by Crippen LogP contribution is 2.21. The second-order valence-electron chi connectivity index (χ2n) is 6.60. The van der Waals surface area contributed by atoms with Crippen LogP contribution >= 0.6 is 0 Å². The fourth-order valence-corrected chi connectivity index (χ4v) is 4.60. The SMILES string of the molecule is CCN(CC(=O)NC)C(=O)c1ccc(S(=O)(=O)N2C[C@@H](C)O[C@H](C)C2)cc1. The lowest BCUT2D eigenvalue weighted by Crippen LogP contribution is -2.48. The number of amides is 2. The molecule has 1 heterocycles. The highest BCUT2D eigenvalue weighted by atomic mass is 32.2. The number of nitrogens with zero attached hydrogens (tertiary/aromatic N) is 2. The van der Waals surface area contributed by atoms with Crippen molar-refractivity contribution in [3.8, 4) is 0 Å². The zero-order chi connectivity index (χ0) is 20.2. The standard InChI is InChI=1S/C18H27N3O5S/c1-5-20(12-17(22)19-4)18(23)15-6-8-16(9-7-15)27(24,25)21-10-13(2)26-14(3)11-21/h6-9,13-14H,5,10-12H2,1-4H3,(H,19,22)/t13-,14-/m1/s1. The average molecular weight is 397 g/mol. The Labute approximate surface area is 160 Å². The molecule has 0 aliphatic carbocycles. The van der Waals surface area contributed by atoms with Gasteiger partial charge in [-0.3, -0.25) is 9.59 Å². The molecule has 0 unspecified atom stereocenters. The van der Waals surface area contributed by atoms with E-state index in [1.165, 1.54) is 40.5 Å². The number of sulfonamides is 1. The number of carbonyl (C=O) groups excluding carboxylic acids is 2. The molecule has 8 nitrogen and oxygen atoms in total. The largest absolute Gasteiger partial charge is 0.373 e. The first-order valence-electron chi connectivity index (χ1n) is 8.94. The molecule has 1 N–H and O–H groups in total. The summed E-state index contributed by atoms with van der Waals surface area (Å²) in [5, 5.41) is 2.48. The fraction of sp³-hybridized carbons (Fsp3) is 0.556. The summed E-state index contributed by atoms with van der Waals surface area (Å²) in [6.45, 7) is 6.37. The van der Waals surface area contributed by atoms with Gasteiger partial charge in [-0.25, -0.2) is 8.42 Å². The van der Waals surface area contributed by atoms with Gasteiger partial charge in [0.15, 0.2) is 0 Å². The number of rotatable bonds is 6. The van der Waals surface area contributed by atoms with Crippen LogP contribution in [0.5, 0.6) is 0 Å². The predicted octanol–water partition coefficient (Wildman–Crippen LogP) is 0.693. The fourth-order valence-electron chi connectivity index (χ4n) is 3.01. The third kappa shape index (κ3) is 5.06. The molecule has 150 valence electrons. The van der Waals surface area contributed by atoms with Gasteiger partial charge in [-0.15, -0.1) is 0 Å². The van der Waals surface area contributed by atoms with E-state index in [2.05, 4.69) is 5.32 Å². The lowest BCUT2D eigenvalue weighted by Gasteiger charge is -2.34. The summed E-state index contributed by atoms with van der Waals surface area (Å²) in [5.74, 6) is -0.585. The van der Waals surface area contributed by atoms with Gasteiger partial charge in [-0.05, 0) is 45.0 Å². The van der Waals surface area contributed by atoms with Crippen LogP contribution in [-0.4, -0.2) is 74.9 Å². The molecular weight excluding hydrogens is 370 g/mol. The third-order valence-corrected chi connectivity index (χ3v) is 6.25. The lowest BCUT2D eigenvalue weighted by atomic mass is 10.2. The molecule has 1 fully saturated rings. The van der Waals surface area contributed by atoms with E-state index < -0.39 is 10.0 Å². The van der Waals surface area contributed by atoms with Crippen LogP contribution < -0.4 is 5.32 Å². The number of hydrogen-bond donors (Lipinski definition) is 1. The molecule has 2 amide bonds. The van der Waals surface area contributed by atoms with E-state index in [1.54, 1.807) is 6.92 Å². The van der Waals surface area contributed by atoms with Crippen molar-refractivity contribution in [2.24, 2.45) is 0 Å². The Kier molecular flexibility index (Phi) is 6.96. The molecule has 0 bridgehead atoms. The van der Waals surface area contributed by atoms with Gasteiger partial charge in [-0.1, -0.05) is 0 Å².